The maximum atomic E-state index is 6.07. The molecule has 3 N–H and O–H groups in total. The summed E-state index contributed by atoms with van der Waals surface area (Å²) in [7, 11) is 3.18. The van der Waals surface area contributed by atoms with Gasteiger partial charge in [0.05, 0.1) is 25.6 Å². The smallest absolute Gasteiger partial charge is 0.146 e. The molecule has 0 atom stereocenters. The SMILES string of the molecule is COc1cc(OC)c(N)c(-c2nc(C)c(C)[nH]2)c1. The molecule has 0 radical (unpaired) electrons. The monoisotopic (exact) mass is 247 g/mol. The van der Waals surface area contributed by atoms with Crippen LogP contribution in [-0.4, -0.2) is 24.2 Å². The van der Waals surface area contributed by atoms with Crippen LogP contribution in [0.3, 0.4) is 0 Å². The Labute approximate surface area is 106 Å². The Kier molecular flexibility index (Phi) is 3.14. The lowest BCUT2D eigenvalue weighted by molar-refractivity contribution is 0.396. The first-order valence-electron chi connectivity index (χ1n) is 5.62. The number of rotatable bonds is 3. The van der Waals surface area contributed by atoms with Crippen molar-refractivity contribution in [3.05, 3.63) is 23.5 Å². The summed E-state index contributed by atoms with van der Waals surface area (Å²) in [6, 6.07) is 3.59. The highest BCUT2D eigenvalue weighted by molar-refractivity contribution is 5.79. The number of aryl methyl sites for hydroxylation is 2. The second kappa shape index (κ2) is 4.60. The van der Waals surface area contributed by atoms with Crippen molar-refractivity contribution < 1.29 is 9.47 Å². The average molecular weight is 247 g/mol. The molecule has 5 nitrogen and oxygen atoms in total. The van der Waals surface area contributed by atoms with Crippen molar-refractivity contribution in [2.45, 2.75) is 13.8 Å². The van der Waals surface area contributed by atoms with Crippen LogP contribution in [0.2, 0.25) is 0 Å². The van der Waals surface area contributed by atoms with Crippen LogP contribution in [0, 0.1) is 13.8 Å². The highest BCUT2D eigenvalue weighted by Crippen LogP contribution is 2.36. The summed E-state index contributed by atoms with van der Waals surface area (Å²) in [4.78, 5) is 7.65. The van der Waals surface area contributed by atoms with E-state index in [1.807, 2.05) is 19.9 Å². The fourth-order valence-corrected chi connectivity index (χ4v) is 1.76. The van der Waals surface area contributed by atoms with Gasteiger partial charge in [-0.1, -0.05) is 0 Å². The summed E-state index contributed by atoms with van der Waals surface area (Å²) in [5.74, 6) is 1.98. The fourth-order valence-electron chi connectivity index (χ4n) is 1.76. The first kappa shape index (κ1) is 12.3. The number of aromatic nitrogens is 2. The number of imidazole rings is 1. The Hall–Kier alpha value is -2.17. The minimum Gasteiger partial charge on any atom is -0.497 e. The molecule has 1 aromatic heterocycles. The molecule has 0 aliphatic carbocycles. The van der Waals surface area contributed by atoms with E-state index in [0.29, 0.717) is 17.2 Å². The van der Waals surface area contributed by atoms with Crippen molar-refractivity contribution in [3.63, 3.8) is 0 Å². The normalized spacial score (nSPS) is 10.4. The van der Waals surface area contributed by atoms with Gasteiger partial charge in [0, 0.05) is 17.3 Å². The molecule has 0 aliphatic heterocycles. The number of methoxy groups -OCH3 is 2. The van der Waals surface area contributed by atoms with Crippen molar-refractivity contribution >= 4 is 5.69 Å². The second-order valence-corrected chi connectivity index (χ2v) is 4.09. The third kappa shape index (κ3) is 1.99. The molecule has 0 saturated carbocycles. The molecule has 2 rings (SSSR count). The van der Waals surface area contributed by atoms with Gasteiger partial charge in [-0.15, -0.1) is 0 Å². The number of nitrogens with two attached hydrogens (primary N) is 1. The van der Waals surface area contributed by atoms with Crippen LogP contribution in [0.1, 0.15) is 11.4 Å². The molecule has 5 heteroatoms. The molecule has 0 fully saturated rings. The van der Waals surface area contributed by atoms with Gasteiger partial charge in [0.15, 0.2) is 0 Å². The number of nitrogens with zero attached hydrogens (tertiary/aromatic N) is 1. The maximum absolute atomic E-state index is 6.07. The minimum atomic E-state index is 0.548. The molecule has 18 heavy (non-hydrogen) atoms. The van der Waals surface area contributed by atoms with E-state index in [-0.39, 0.29) is 0 Å². The Bertz CT molecular complexity index is 556. The van der Waals surface area contributed by atoms with Gasteiger partial charge in [0.1, 0.15) is 17.3 Å². The number of nitrogens with one attached hydrogen (secondary N) is 1. The number of ether oxygens (including phenoxy) is 2. The lowest BCUT2D eigenvalue weighted by Crippen LogP contribution is -1.98. The molecular weight excluding hydrogens is 230 g/mol. The number of benzene rings is 1. The topological polar surface area (TPSA) is 73.2 Å². The third-order valence-corrected chi connectivity index (χ3v) is 2.95. The predicted octanol–water partition coefficient (Wildman–Crippen LogP) is 2.29. The summed E-state index contributed by atoms with van der Waals surface area (Å²) in [6.07, 6.45) is 0. The Morgan fingerprint density at radius 1 is 1.17 bits per heavy atom. The van der Waals surface area contributed by atoms with Gasteiger partial charge < -0.3 is 20.2 Å². The molecule has 0 aliphatic rings. The Morgan fingerprint density at radius 2 is 1.89 bits per heavy atom. The van der Waals surface area contributed by atoms with Crippen LogP contribution in [0.5, 0.6) is 11.5 Å². The summed E-state index contributed by atoms with van der Waals surface area (Å²) in [6.45, 7) is 3.92. The maximum Gasteiger partial charge on any atom is 0.146 e. The van der Waals surface area contributed by atoms with E-state index in [1.54, 1.807) is 20.3 Å². The van der Waals surface area contributed by atoms with Gasteiger partial charge in [0.25, 0.3) is 0 Å². The zero-order valence-corrected chi connectivity index (χ0v) is 11.0. The van der Waals surface area contributed by atoms with Crippen LogP contribution < -0.4 is 15.2 Å². The average Bonchev–Trinajstić information content (AvgIpc) is 2.69. The molecular formula is C13H17N3O2. The molecule has 0 bridgehead atoms. The summed E-state index contributed by atoms with van der Waals surface area (Å²) >= 11 is 0. The molecule has 0 unspecified atom stereocenters. The van der Waals surface area contributed by atoms with Gasteiger partial charge in [0.2, 0.25) is 0 Å². The van der Waals surface area contributed by atoms with Crippen LogP contribution >= 0.6 is 0 Å². The van der Waals surface area contributed by atoms with E-state index in [0.717, 1.165) is 22.8 Å². The number of nitrogen functional groups attached to an aromatic ring is 1. The number of H-pyrrole nitrogens is 1. The van der Waals surface area contributed by atoms with E-state index in [1.165, 1.54) is 0 Å². The fraction of sp³-hybridized carbons (Fsp3) is 0.308. The summed E-state index contributed by atoms with van der Waals surface area (Å²) < 4.78 is 10.5. The molecule has 2 aromatic rings. The highest BCUT2D eigenvalue weighted by atomic mass is 16.5. The molecule has 0 amide bonds. The molecule has 0 spiro atoms. The first-order valence-corrected chi connectivity index (χ1v) is 5.62. The highest BCUT2D eigenvalue weighted by Gasteiger charge is 2.14. The van der Waals surface area contributed by atoms with Gasteiger partial charge in [-0.25, -0.2) is 4.98 Å². The Morgan fingerprint density at radius 3 is 2.39 bits per heavy atom. The quantitative estimate of drug-likeness (QED) is 0.816. The van der Waals surface area contributed by atoms with Crippen LogP contribution in [-0.2, 0) is 0 Å². The minimum absolute atomic E-state index is 0.548. The van der Waals surface area contributed by atoms with Gasteiger partial charge >= 0.3 is 0 Å². The molecule has 0 saturated heterocycles. The largest absolute Gasteiger partial charge is 0.497 e. The van der Waals surface area contributed by atoms with Crippen molar-refractivity contribution in [2.24, 2.45) is 0 Å². The second-order valence-electron chi connectivity index (χ2n) is 4.09. The van der Waals surface area contributed by atoms with E-state index in [9.17, 15) is 0 Å². The standard InChI is InChI=1S/C13H17N3O2/c1-7-8(2)16-13(15-7)10-5-9(17-3)6-11(18-4)12(10)14/h5-6H,14H2,1-4H3,(H,15,16). The van der Waals surface area contributed by atoms with Gasteiger partial charge in [-0.05, 0) is 19.9 Å². The number of aromatic amines is 1. The van der Waals surface area contributed by atoms with E-state index in [4.69, 9.17) is 15.2 Å². The van der Waals surface area contributed by atoms with Gasteiger partial charge in [-0.3, -0.25) is 0 Å². The molecule has 1 aromatic carbocycles. The van der Waals surface area contributed by atoms with Crippen LogP contribution in [0.15, 0.2) is 12.1 Å². The number of hydrogen-bond donors (Lipinski definition) is 2. The molecule has 96 valence electrons. The third-order valence-electron chi connectivity index (χ3n) is 2.95. The zero-order chi connectivity index (χ0) is 13.3. The van der Waals surface area contributed by atoms with Crippen molar-refractivity contribution in [2.75, 3.05) is 20.0 Å². The van der Waals surface area contributed by atoms with Crippen LogP contribution in [0.25, 0.3) is 11.4 Å². The van der Waals surface area contributed by atoms with E-state index >= 15 is 0 Å². The lowest BCUT2D eigenvalue weighted by atomic mass is 10.1. The predicted molar refractivity (Wildman–Crippen MR) is 71.0 cm³/mol. The van der Waals surface area contributed by atoms with Crippen molar-refractivity contribution in [1.82, 2.24) is 9.97 Å². The number of hydrogen-bond acceptors (Lipinski definition) is 4. The summed E-state index contributed by atoms with van der Waals surface area (Å²) in [5, 5.41) is 0. The van der Waals surface area contributed by atoms with Crippen molar-refractivity contribution in [1.29, 1.82) is 0 Å². The zero-order valence-electron chi connectivity index (χ0n) is 11.0. The number of anilines is 1. The summed E-state index contributed by atoms with van der Waals surface area (Å²) in [5.41, 5.74) is 9.37. The van der Waals surface area contributed by atoms with E-state index < -0.39 is 0 Å². The van der Waals surface area contributed by atoms with E-state index in [2.05, 4.69) is 9.97 Å². The molecule has 1 heterocycles. The van der Waals surface area contributed by atoms with Crippen LogP contribution in [0.4, 0.5) is 5.69 Å². The van der Waals surface area contributed by atoms with Gasteiger partial charge in [-0.2, -0.15) is 0 Å². The Balaban J connectivity index is 2.62. The lowest BCUT2D eigenvalue weighted by Gasteiger charge is -2.11. The first-order chi connectivity index (χ1) is 8.56. The van der Waals surface area contributed by atoms with Crippen molar-refractivity contribution in [3.8, 4) is 22.9 Å².